The monoisotopic (exact) mass is 643 g/mol. The number of benzene rings is 3. The molecule has 4 rings (SSSR count). The lowest BCUT2D eigenvalue weighted by Crippen LogP contribution is -2.55. The van der Waals surface area contributed by atoms with Gasteiger partial charge in [0.05, 0.1) is 11.9 Å². The fraction of sp³-hybridized carbons (Fsp3) is 0.394. The molecule has 10 heteroatoms. The van der Waals surface area contributed by atoms with Crippen molar-refractivity contribution in [2.45, 2.75) is 71.0 Å². The molecule has 0 radical (unpaired) electrons. The van der Waals surface area contributed by atoms with Crippen LogP contribution in [0, 0.1) is 13.8 Å². The number of aryl methyl sites for hydroxylation is 2. The predicted molar refractivity (Wildman–Crippen MR) is 174 cm³/mol. The van der Waals surface area contributed by atoms with Crippen molar-refractivity contribution in [3.63, 3.8) is 0 Å². The van der Waals surface area contributed by atoms with Crippen LogP contribution in [0.25, 0.3) is 0 Å². The van der Waals surface area contributed by atoms with Gasteiger partial charge in [0.15, 0.2) is 0 Å². The van der Waals surface area contributed by atoms with Crippen molar-refractivity contribution in [3.8, 4) is 0 Å². The van der Waals surface area contributed by atoms with E-state index in [2.05, 4.69) is 5.32 Å². The first-order chi connectivity index (χ1) is 20.4. The first-order valence-electron chi connectivity index (χ1n) is 14.6. The van der Waals surface area contributed by atoms with E-state index in [1.165, 1.54) is 4.90 Å². The van der Waals surface area contributed by atoms with Crippen LogP contribution in [0.2, 0.25) is 10.0 Å². The van der Waals surface area contributed by atoms with Gasteiger partial charge < -0.3 is 10.2 Å². The minimum absolute atomic E-state index is 0.0168. The Kier molecular flexibility index (Phi) is 11.2. The molecule has 0 heterocycles. The fourth-order valence-corrected chi connectivity index (χ4v) is 7.06. The van der Waals surface area contributed by atoms with Gasteiger partial charge in [-0.2, -0.15) is 0 Å². The van der Waals surface area contributed by atoms with Crippen LogP contribution in [-0.2, 0) is 32.6 Å². The van der Waals surface area contributed by atoms with E-state index in [0.29, 0.717) is 21.3 Å². The number of nitrogens with one attached hydrogen (secondary N) is 1. The first-order valence-corrected chi connectivity index (χ1v) is 17.2. The highest BCUT2D eigenvalue weighted by atomic mass is 35.5. The lowest BCUT2D eigenvalue weighted by Gasteiger charge is -2.35. The van der Waals surface area contributed by atoms with E-state index >= 15 is 0 Å². The van der Waals surface area contributed by atoms with Gasteiger partial charge >= 0.3 is 0 Å². The van der Waals surface area contributed by atoms with Crippen molar-refractivity contribution < 1.29 is 18.0 Å². The molecule has 1 fully saturated rings. The molecule has 230 valence electrons. The number of carbonyl (C=O) groups is 2. The summed E-state index contributed by atoms with van der Waals surface area (Å²) in [6.45, 7) is 3.16. The maximum absolute atomic E-state index is 14.4. The number of sulfonamides is 1. The normalized spacial score (nSPS) is 14.6. The van der Waals surface area contributed by atoms with Gasteiger partial charge in [-0.1, -0.05) is 96.6 Å². The molecule has 2 amide bonds. The summed E-state index contributed by atoms with van der Waals surface area (Å²) in [5, 5.41) is 3.89. The van der Waals surface area contributed by atoms with Gasteiger partial charge in [-0.3, -0.25) is 13.9 Å². The van der Waals surface area contributed by atoms with E-state index < -0.39 is 28.5 Å². The SMILES string of the molecule is Cc1ccc(N(CC(=O)N(Cc2c(Cl)cccc2Cl)[C@H](Cc2ccccc2)C(=O)NC2CCCCC2)S(C)(=O)=O)c(C)c1. The van der Waals surface area contributed by atoms with Crippen LogP contribution in [0.4, 0.5) is 5.69 Å². The molecule has 3 aromatic carbocycles. The van der Waals surface area contributed by atoms with Crippen LogP contribution in [0.5, 0.6) is 0 Å². The first kappa shape index (κ1) is 32.8. The Balaban J connectivity index is 1.77. The molecule has 0 aromatic heterocycles. The van der Waals surface area contributed by atoms with Crippen molar-refractivity contribution in [2.24, 2.45) is 0 Å². The molecule has 1 aliphatic carbocycles. The van der Waals surface area contributed by atoms with Crippen LogP contribution in [-0.4, -0.2) is 50.0 Å². The summed E-state index contributed by atoms with van der Waals surface area (Å²) in [5.74, 6) is -0.828. The molecule has 1 N–H and O–H groups in total. The molecule has 1 atom stereocenters. The van der Waals surface area contributed by atoms with Crippen LogP contribution >= 0.6 is 23.2 Å². The molecule has 3 aromatic rings. The quantitative estimate of drug-likeness (QED) is 0.260. The summed E-state index contributed by atoms with van der Waals surface area (Å²) in [5.41, 5.74) is 3.44. The van der Waals surface area contributed by atoms with Gasteiger partial charge in [0.25, 0.3) is 0 Å². The van der Waals surface area contributed by atoms with Crippen molar-refractivity contribution in [1.29, 1.82) is 0 Å². The molecule has 1 aliphatic rings. The highest BCUT2D eigenvalue weighted by Gasteiger charge is 2.35. The predicted octanol–water partition coefficient (Wildman–Crippen LogP) is 6.47. The molecular formula is C33H39Cl2N3O4S. The standard InChI is InChI=1S/C33H39Cl2N3O4S/c1-23-17-18-30(24(2)19-23)38(43(3,41)42)22-32(39)37(21-27-28(34)15-10-16-29(27)35)31(20-25-11-6-4-7-12-25)33(40)36-26-13-8-5-9-14-26/h4,6-7,10-12,15-19,26,31H,5,8-9,13-14,20-22H2,1-3H3,(H,36,40)/t31-/m1/s1. The summed E-state index contributed by atoms with van der Waals surface area (Å²) >= 11 is 13.1. The third kappa shape index (κ3) is 8.74. The van der Waals surface area contributed by atoms with Crippen molar-refractivity contribution in [2.75, 3.05) is 17.1 Å². The number of amides is 2. The summed E-state index contributed by atoms with van der Waals surface area (Å²) in [4.78, 5) is 29.9. The number of hydrogen-bond donors (Lipinski definition) is 1. The lowest BCUT2D eigenvalue weighted by atomic mass is 9.94. The summed E-state index contributed by atoms with van der Waals surface area (Å²) < 4.78 is 27.3. The average Bonchev–Trinajstić information content (AvgIpc) is 2.95. The van der Waals surface area contributed by atoms with Gasteiger partial charge in [-0.15, -0.1) is 0 Å². The van der Waals surface area contributed by atoms with Gasteiger partial charge in [0, 0.05) is 34.6 Å². The Morgan fingerprint density at radius 2 is 1.58 bits per heavy atom. The molecule has 1 saturated carbocycles. The van der Waals surface area contributed by atoms with Gasteiger partial charge in [0.1, 0.15) is 12.6 Å². The van der Waals surface area contributed by atoms with Gasteiger partial charge in [-0.25, -0.2) is 8.42 Å². The molecule has 0 bridgehead atoms. The van der Waals surface area contributed by atoms with E-state index in [4.69, 9.17) is 23.2 Å². The van der Waals surface area contributed by atoms with E-state index in [1.807, 2.05) is 56.3 Å². The maximum atomic E-state index is 14.4. The minimum atomic E-state index is -3.87. The third-order valence-electron chi connectivity index (χ3n) is 7.91. The minimum Gasteiger partial charge on any atom is -0.352 e. The summed E-state index contributed by atoms with van der Waals surface area (Å²) in [6, 6.07) is 19.0. The number of rotatable bonds is 11. The second-order valence-corrected chi connectivity index (χ2v) is 14.1. The molecule has 7 nitrogen and oxygen atoms in total. The summed E-state index contributed by atoms with van der Waals surface area (Å²) in [7, 11) is -3.87. The number of anilines is 1. The van der Waals surface area contributed by atoms with Crippen LogP contribution in [0.1, 0.15) is 54.4 Å². The number of halogens is 2. The fourth-order valence-electron chi connectivity index (χ4n) is 5.63. The molecule has 43 heavy (non-hydrogen) atoms. The Morgan fingerprint density at radius 3 is 2.19 bits per heavy atom. The smallest absolute Gasteiger partial charge is 0.244 e. The zero-order valence-corrected chi connectivity index (χ0v) is 27.2. The van der Waals surface area contributed by atoms with Crippen LogP contribution in [0.3, 0.4) is 0 Å². The largest absolute Gasteiger partial charge is 0.352 e. The number of hydrogen-bond acceptors (Lipinski definition) is 4. The Bertz CT molecular complexity index is 1520. The molecule has 0 unspecified atom stereocenters. The van der Waals surface area contributed by atoms with E-state index in [1.54, 1.807) is 24.3 Å². The van der Waals surface area contributed by atoms with Gasteiger partial charge in [-0.05, 0) is 56.0 Å². The molecule has 0 saturated heterocycles. The Labute approximate surface area is 265 Å². The number of nitrogens with zero attached hydrogens (tertiary/aromatic N) is 2. The average molecular weight is 645 g/mol. The number of carbonyl (C=O) groups excluding carboxylic acids is 2. The Hall–Kier alpha value is -3.07. The zero-order chi connectivity index (χ0) is 31.1. The molecule has 0 spiro atoms. The maximum Gasteiger partial charge on any atom is 0.244 e. The second-order valence-electron chi connectivity index (χ2n) is 11.3. The van der Waals surface area contributed by atoms with Crippen LogP contribution < -0.4 is 9.62 Å². The zero-order valence-electron chi connectivity index (χ0n) is 24.9. The summed E-state index contributed by atoms with van der Waals surface area (Å²) in [6.07, 6.45) is 6.26. The van der Waals surface area contributed by atoms with E-state index in [0.717, 1.165) is 59.4 Å². The van der Waals surface area contributed by atoms with Crippen LogP contribution in [0.15, 0.2) is 66.7 Å². The van der Waals surface area contributed by atoms with Crippen molar-refractivity contribution >= 4 is 50.7 Å². The molecule has 0 aliphatic heterocycles. The van der Waals surface area contributed by atoms with E-state index in [9.17, 15) is 18.0 Å². The third-order valence-corrected chi connectivity index (χ3v) is 9.75. The lowest BCUT2D eigenvalue weighted by molar-refractivity contribution is -0.140. The highest BCUT2D eigenvalue weighted by Crippen LogP contribution is 2.29. The molecular weight excluding hydrogens is 605 g/mol. The van der Waals surface area contributed by atoms with E-state index in [-0.39, 0.29) is 24.9 Å². The van der Waals surface area contributed by atoms with Crippen molar-refractivity contribution in [1.82, 2.24) is 10.2 Å². The highest BCUT2D eigenvalue weighted by molar-refractivity contribution is 7.92. The van der Waals surface area contributed by atoms with Crippen molar-refractivity contribution in [3.05, 3.63) is 99.0 Å². The second kappa shape index (κ2) is 14.6. The Morgan fingerprint density at radius 1 is 0.930 bits per heavy atom. The van der Waals surface area contributed by atoms with Gasteiger partial charge in [0.2, 0.25) is 21.8 Å². The topological polar surface area (TPSA) is 86.8 Å².